The van der Waals surface area contributed by atoms with Gasteiger partial charge in [-0.1, -0.05) is 0 Å². The molecule has 1 aromatic heterocycles. The van der Waals surface area contributed by atoms with Crippen molar-refractivity contribution in [2.45, 2.75) is 32.0 Å². The van der Waals surface area contributed by atoms with Crippen LogP contribution in [0.5, 0.6) is 0 Å². The molecule has 1 aromatic rings. The second-order valence-corrected chi connectivity index (χ2v) is 5.38. The Morgan fingerprint density at radius 1 is 1.47 bits per heavy atom. The molecule has 6 heteroatoms. The molecular weight excluding hydrogens is 240 g/mol. The minimum absolute atomic E-state index is 0.0560. The van der Waals surface area contributed by atoms with Gasteiger partial charge in [0.1, 0.15) is 5.82 Å². The quantitative estimate of drug-likeness (QED) is 0.595. The minimum Gasteiger partial charge on any atom is -0.334 e. The van der Waals surface area contributed by atoms with Gasteiger partial charge in [-0.05, 0) is 40.5 Å². The maximum absolute atomic E-state index is 5.83. The molecule has 2 heterocycles. The van der Waals surface area contributed by atoms with Crippen LogP contribution in [0.15, 0.2) is 12.4 Å². The van der Waals surface area contributed by atoms with Crippen molar-refractivity contribution in [2.24, 2.45) is 5.84 Å². The molecule has 6 nitrogen and oxygen atoms in total. The molecule has 2 atom stereocenters. The average Bonchev–Trinajstić information content (AvgIpc) is 2.79. The summed E-state index contributed by atoms with van der Waals surface area (Å²) in [5.41, 5.74) is 2.98. The summed E-state index contributed by atoms with van der Waals surface area (Å²) in [5.74, 6) is 6.85. The summed E-state index contributed by atoms with van der Waals surface area (Å²) in [4.78, 5) is 9.26. The largest absolute Gasteiger partial charge is 0.334 e. The lowest BCUT2D eigenvalue weighted by Gasteiger charge is -2.33. The second kappa shape index (κ2) is 6.47. The number of likely N-dealkylation sites (N-methyl/N-ethyl adjacent to an activating group) is 2. The van der Waals surface area contributed by atoms with Crippen molar-refractivity contribution in [3.63, 3.8) is 0 Å². The number of hydrogen-bond donors (Lipinski definition) is 2. The van der Waals surface area contributed by atoms with Crippen molar-refractivity contribution in [2.75, 3.05) is 33.7 Å². The number of rotatable bonds is 4. The molecule has 2 unspecified atom stereocenters. The van der Waals surface area contributed by atoms with E-state index in [0.29, 0.717) is 6.04 Å². The normalized spacial score (nSPS) is 24.3. The van der Waals surface area contributed by atoms with E-state index in [1.807, 2.05) is 12.4 Å². The zero-order valence-electron chi connectivity index (χ0n) is 12.2. The first-order valence-corrected chi connectivity index (χ1v) is 7.03. The first-order chi connectivity index (χ1) is 9.17. The van der Waals surface area contributed by atoms with Gasteiger partial charge in [0.15, 0.2) is 0 Å². The summed E-state index contributed by atoms with van der Waals surface area (Å²) in [7, 11) is 4.35. The van der Waals surface area contributed by atoms with Gasteiger partial charge in [0.25, 0.3) is 0 Å². The maximum atomic E-state index is 5.83. The third kappa shape index (κ3) is 3.14. The molecule has 0 saturated carbocycles. The van der Waals surface area contributed by atoms with Crippen molar-refractivity contribution in [1.82, 2.24) is 24.8 Å². The van der Waals surface area contributed by atoms with Crippen molar-refractivity contribution in [1.29, 1.82) is 0 Å². The third-order valence-electron chi connectivity index (χ3n) is 4.05. The van der Waals surface area contributed by atoms with E-state index in [1.165, 1.54) is 6.42 Å². The molecule has 1 saturated heterocycles. The number of aryl methyl sites for hydroxylation is 1. The summed E-state index contributed by atoms with van der Waals surface area (Å²) in [6.07, 6.45) is 5.06. The fourth-order valence-corrected chi connectivity index (χ4v) is 2.89. The Morgan fingerprint density at radius 2 is 2.26 bits per heavy atom. The van der Waals surface area contributed by atoms with E-state index < -0.39 is 0 Å². The van der Waals surface area contributed by atoms with Gasteiger partial charge in [-0.25, -0.2) is 10.4 Å². The van der Waals surface area contributed by atoms with Crippen LogP contribution >= 0.6 is 0 Å². The van der Waals surface area contributed by atoms with Gasteiger partial charge in [-0.2, -0.15) is 0 Å². The van der Waals surface area contributed by atoms with Crippen LogP contribution in [0.2, 0.25) is 0 Å². The summed E-state index contributed by atoms with van der Waals surface area (Å²) >= 11 is 0. The van der Waals surface area contributed by atoms with Crippen LogP contribution < -0.4 is 11.3 Å². The van der Waals surface area contributed by atoms with Crippen LogP contribution in [0.3, 0.4) is 0 Å². The molecular formula is C13H26N6. The van der Waals surface area contributed by atoms with E-state index in [9.17, 15) is 0 Å². The van der Waals surface area contributed by atoms with Gasteiger partial charge >= 0.3 is 0 Å². The van der Waals surface area contributed by atoms with E-state index in [4.69, 9.17) is 5.84 Å². The molecule has 19 heavy (non-hydrogen) atoms. The minimum atomic E-state index is 0.0560. The summed E-state index contributed by atoms with van der Waals surface area (Å²) < 4.78 is 2.16. The molecule has 0 amide bonds. The number of nitrogens with two attached hydrogens (primary N) is 1. The van der Waals surface area contributed by atoms with Crippen LogP contribution in [0, 0.1) is 0 Å². The average molecular weight is 266 g/mol. The lowest BCUT2D eigenvalue weighted by Crippen LogP contribution is -2.49. The van der Waals surface area contributed by atoms with Gasteiger partial charge in [0.05, 0.1) is 6.04 Å². The first-order valence-electron chi connectivity index (χ1n) is 7.03. The van der Waals surface area contributed by atoms with E-state index in [1.54, 1.807) is 0 Å². The Labute approximate surface area is 115 Å². The van der Waals surface area contributed by atoms with E-state index in [2.05, 4.69) is 45.8 Å². The van der Waals surface area contributed by atoms with Gasteiger partial charge in [0, 0.05) is 31.5 Å². The SMILES string of the molecule is CCn1ccnc1C(NN)C1CN(C)CCCN1C. The van der Waals surface area contributed by atoms with Crippen LogP contribution in [0.4, 0.5) is 0 Å². The zero-order valence-corrected chi connectivity index (χ0v) is 12.2. The highest BCUT2D eigenvalue weighted by atomic mass is 15.3. The second-order valence-electron chi connectivity index (χ2n) is 5.38. The van der Waals surface area contributed by atoms with Gasteiger partial charge < -0.3 is 14.4 Å². The fourth-order valence-electron chi connectivity index (χ4n) is 2.89. The highest BCUT2D eigenvalue weighted by Crippen LogP contribution is 2.21. The van der Waals surface area contributed by atoms with Gasteiger partial charge in [-0.3, -0.25) is 5.84 Å². The summed E-state index contributed by atoms with van der Waals surface area (Å²) in [6.45, 7) is 6.28. The molecule has 1 aliphatic heterocycles. The molecule has 0 spiro atoms. The number of hydrazine groups is 1. The Kier molecular flexibility index (Phi) is 4.93. The number of hydrogen-bond acceptors (Lipinski definition) is 5. The van der Waals surface area contributed by atoms with Crippen LogP contribution in [-0.4, -0.2) is 59.1 Å². The van der Waals surface area contributed by atoms with Crippen LogP contribution in [-0.2, 0) is 6.54 Å². The molecule has 0 radical (unpaired) electrons. The van der Waals surface area contributed by atoms with E-state index >= 15 is 0 Å². The van der Waals surface area contributed by atoms with Crippen LogP contribution in [0.1, 0.15) is 25.2 Å². The first kappa shape index (κ1) is 14.5. The predicted octanol–water partition coefficient (Wildman–Crippen LogP) is 0.0433. The van der Waals surface area contributed by atoms with Crippen LogP contribution in [0.25, 0.3) is 0 Å². The van der Waals surface area contributed by atoms with E-state index in [-0.39, 0.29) is 6.04 Å². The lowest BCUT2D eigenvalue weighted by molar-refractivity contribution is 0.172. The predicted molar refractivity (Wildman–Crippen MR) is 76.5 cm³/mol. The lowest BCUT2D eigenvalue weighted by atomic mass is 10.1. The summed E-state index contributed by atoms with van der Waals surface area (Å²) in [5, 5.41) is 0. The monoisotopic (exact) mass is 266 g/mol. The smallest absolute Gasteiger partial charge is 0.128 e. The zero-order chi connectivity index (χ0) is 13.8. The molecule has 0 aliphatic carbocycles. The van der Waals surface area contributed by atoms with Crippen molar-refractivity contribution >= 4 is 0 Å². The standard InChI is InChI=1S/C13H26N6/c1-4-19-9-6-15-13(19)12(16-14)11-10-17(2)7-5-8-18(11)3/h6,9,11-12,16H,4-5,7-8,10,14H2,1-3H3. The van der Waals surface area contributed by atoms with Crippen molar-refractivity contribution in [3.8, 4) is 0 Å². The Hall–Kier alpha value is -0.950. The molecule has 0 bridgehead atoms. The number of imidazole rings is 1. The van der Waals surface area contributed by atoms with Crippen molar-refractivity contribution < 1.29 is 0 Å². The maximum Gasteiger partial charge on any atom is 0.128 e. The van der Waals surface area contributed by atoms with Crippen molar-refractivity contribution in [3.05, 3.63) is 18.2 Å². The number of nitrogens with one attached hydrogen (secondary N) is 1. The number of nitrogens with zero attached hydrogens (tertiary/aromatic N) is 4. The number of aromatic nitrogens is 2. The molecule has 1 fully saturated rings. The molecule has 0 aromatic carbocycles. The molecule has 1 aliphatic rings. The third-order valence-corrected chi connectivity index (χ3v) is 4.05. The Bertz CT molecular complexity index is 390. The highest BCUT2D eigenvalue weighted by molar-refractivity contribution is 5.04. The Balaban J connectivity index is 2.24. The van der Waals surface area contributed by atoms with E-state index in [0.717, 1.165) is 32.0 Å². The van der Waals surface area contributed by atoms with Gasteiger partial charge in [0.2, 0.25) is 0 Å². The summed E-state index contributed by atoms with van der Waals surface area (Å²) in [6, 6.07) is 0.394. The molecule has 108 valence electrons. The topological polar surface area (TPSA) is 62.4 Å². The molecule has 2 rings (SSSR count). The highest BCUT2D eigenvalue weighted by Gasteiger charge is 2.31. The molecule has 3 N–H and O–H groups in total. The fraction of sp³-hybridized carbons (Fsp3) is 0.769. The Morgan fingerprint density at radius 3 is 2.95 bits per heavy atom. The van der Waals surface area contributed by atoms with Gasteiger partial charge in [-0.15, -0.1) is 0 Å².